The first-order chi connectivity index (χ1) is 17.2. The molecule has 3 rings (SSSR count). The molecule has 36 heavy (non-hydrogen) atoms. The molecule has 0 aromatic heterocycles. The molecule has 0 unspecified atom stereocenters. The lowest BCUT2D eigenvalue weighted by Gasteiger charge is -2.29. The van der Waals surface area contributed by atoms with Gasteiger partial charge >= 0.3 is 11.9 Å². The van der Waals surface area contributed by atoms with Crippen LogP contribution in [0.15, 0.2) is 72.8 Å². The van der Waals surface area contributed by atoms with Crippen molar-refractivity contribution in [2.75, 3.05) is 23.9 Å². The number of anilines is 3. The van der Waals surface area contributed by atoms with E-state index < -0.39 is 35.1 Å². The SMILES string of the molecule is COC(=O)c1cc(C(=O)OCC(=O)Nc2ccc(N(c3ccccc3)C(C)C)cc2)cc([N+](=O)[O-])c1. The van der Waals surface area contributed by atoms with Crippen molar-refractivity contribution in [3.63, 3.8) is 0 Å². The molecule has 0 aliphatic carbocycles. The summed E-state index contributed by atoms with van der Waals surface area (Å²) in [4.78, 5) is 49.0. The second kappa shape index (κ2) is 11.6. The van der Waals surface area contributed by atoms with Crippen molar-refractivity contribution in [1.82, 2.24) is 0 Å². The first-order valence-corrected chi connectivity index (χ1v) is 11.0. The van der Waals surface area contributed by atoms with Gasteiger partial charge in [-0.3, -0.25) is 14.9 Å². The van der Waals surface area contributed by atoms with Gasteiger partial charge in [-0.15, -0.1) is 0 Å². The van der Waals surface area contributed by atoms with Gasteiger partial charge in [0.1, 0.15) is 0 Å². The number of para-hydroxylation sites is 1. The molecule has 10 nitrogen and oxygen atoms in total. The summed E-state index contributed by atoms with van der Waals surface area (Å²) in [7, 11) is 1.11. The van der Waals surface area contributed by atoms with Gasteiger partial charge in [-0.05, 0) is 56.3 Å². The van der Waals surface area contributed by atoms with Crippen LogP contribution < -0.4 is 10.2 Å². The number of nitro groups is 1. The molecule has 0 atom stereocenters. The fourth-order valence-corrected chi connectivity index (χ4v) is 3.52. The smallest absolute Gasteiger partial charge is 0.338 e. The third-order valence-corrected chi connectivity index (χ3v) is 5.10. The summed E-state index contributed by atoms with van der Waals surface area (Å²) in [5.74, 6) is -2.44. The van der Waals surface area contributed by atoms with Crippen molar-refractivity contribution in [3.8, 4) is 0 Å². The van der Waals surface area contributed by atoms with Gasteiger partial charge in [-0.25, -0.2) is 9.59 Å². The van der Waals surface area contributed by atoms with E-state index >= 15 is 0 Å². The molecule has 3 aromatic rings. The summed E-state index contributed by atoms with van der Waals surface area (Å²) >= 11 is 0. The van der Waals surface area contributed by atoms with Gasteiger partial charge < -0.3 is 19.7 Å². The highest BCUT2D eigenvalue weighted by molar-refractivity contribution is 5.98. The Hall–Kier alpha value is -4.73. The molecule has 0 aliphatic rings. The van der Waals surface area contributed by atoms with Crippen molar-refractivity contribution < 1.29 is 28.8 Å². The lowest BCUT2D eigenvalue weighted by Crippen LogP contribution is -2.25. The van der Waals surface area contributed by atoms with E-state index in [2.05, 4.69) is 28.8 Å². The molecular weight excluding hydrogens is 466 g/mol. The summed E-state index contributed by atoms with van der Waals surface area (Å²) in [5, 5.41) is 13.8. The van der Waals surface area contributed by atoms with Crippen molar-refractivity contribution in [3.05, 3.63) is 94.0 Å². The molecule has 0 bridgehead atoms. The van der Waals surface area contributed by atoms with Gasteiger partial charge in [0, 0.05) is 35.2 Å². The number of non-ortho nitro benzene ring substituents is 1. The number of hydrogen-bond donors (Lipinski definition) is 1. The van der Waals surface area contributed by atoms with Crippen molar-refractivity contribution in [2.24, 2.45) is 0 Å². The Morgan fingerprint density at radius 2 is 1.50 bits per heavy atom. The molecule has 0 saturated heterocycles. The monoisotopic (exact) mass is 491 g/mol. The molecule has 10 heteroatoms. The Morgan fingerprint density at radius 3 is 2.06 bits per heavy atom. The highest BCUT2D eigenvalue weighted by Crippen LogP contribution is 2.28. The van der Waals surface area contributed by atoms with Crippen LogP contribution in [0.5, 0.6) is 0 Å². The maximum atomic E-state index is 12.4. The van der Waals surface area contributed by atoms with Crippen LogP contribution in [-0.4, -0.2) is 42.5 Å². The molecule has 0 spiro atoms. The quantitative estimate of drug-likeness (QED) is 0.259. The number of nitrogens with zero attached hydrogens (tertiary/aromatic N) is 2. The number of methoxy groups -OCH3 is 1. The summed E-state index contributed by atoms with van der Waals surface area (Å²) in [6.45, 7) is 3.53. The van der Waals surface area contributed by atoms with Gasteiger partial charge in [-0.1, -0.05) is 18.2 Å². The van der Waals surface area contributed by atoms with E-state index in [-0.39, 0.29) is 17.2 Å². The van der Waals surface area contributed by atoms with Crippen LogP contribution in [0.1, 0.15) is 34.6 Å². The average Bonchev–Trinajstić information content (AvgIpc) is 2.88. The molecule has 0 saturated carbocycles. The number of benzene rings is 3. The molecule has 0 radical (unpaired) electrons. The zero-order chi connectivity index (χ0) is 26.2. The molecule has 0 aliphatic heterocycles. The highest BCUT2D eigenvalue weighted by Gasteiger charge is 2.20. The summed E-state index contributed by atoms with van der Waals surface area (Å²) in [6.07, 6.45) is 0. The number of amides is 1. The van der Waals surface area contributed by atoms with E-state index in [0.29, 0.717) is 5.69 Å². The van der Waals surface area contributed by atoms with E-state index in [1.165, 1.54) is 0 Å². The zero-order valence-corrected chi connectivity index (χ0v) is 20.0. The maximum absolute atomic E-state index is 12.4. The maximum Gasteiger partial charge on any atom is 0.338 e. The Labute approximate surface area is 207 Å². The Morgan fingerprint density at radius 1 is 0.917 bits per heavy atom. The van der Waals surface area contributed by atoms with Crippen LogP contribution >= 0.6 is 0 Å². The molecule has 186 valence electrons. The number of ether oxygens (including phenoxy) is 2. The second-order valence-corrected chi connectivity index (χ2v) is 7.99. The fourth-order valence-electron chi connectivity index (χ4n) is 3.52. The normalized spacial score (nSPS) is 10.4. The van der Waals surface area contributed by atoms with Crippen molar-refractivity contribution >= 4 is 40.6 Å². The minimum Gasteiger partial charge on any atom is -0.465 e. The molecule has 0 fully saturated rings. The van der Waals surface area contributed by atoms with Crippen LogP contribution in [0.4, 0.5) is 22.7 Å². The molecule has 1 N–H and O–H groups in total. The zero-order valence-electron chi connectivity index (χ0n) is 20.0. The molecular formula is C26H25N3O7. The topological polar surface area (TPSA) is 128 Å². The molecule has 1 amide bonds. The van der Waals surface area contributed by atoms with Crippen molar-refractivity contribution in [2.45, 2.75) is 19.9 Å². The minimum atomic E-state index is -0.996. The van der Waals surface area contributed by atoms with Crippen LogP contribution in [0.2, 0.25) is 0 Å². The number of nitrogens with one attached hydrogen (secondary N) is 1. The van der Waals surface area contributed by atoms with Gasteiger partial charge in [0.15, 0.2) is 6.61 Å². The van der Waals surface area contributed by atoms with E-state index in [0.717, 1.165) is 36.7 Å². The van der Waals surface area contributed by atoms with Gasteiger partial charge in [-0.2, -0.15) is 0 Å². The summed E-state index contributed by atoms with van der Waals surface area (Å²) < 4.78 is 9.53. The third kappa shape index (κ3) is 6.44. The first kappa shape index (κ1) is 25.9. The Bertz CT molecular complexity index is 1260. The van der Waals surface area contributed by atoms with E-state index in [9.17, 15) is 24.5 Å². The summed E-state index contributed by atoms with van der Waals surface area (Å²) in [5.41, 5.74) is 1.55. The lowest BCUT2D eigenvalue weighted by atomic mass is 10.1. The Balaban J connectivity index is 1.64. The van der Waals surface area contributed by atoms with Crippen LogP contribution in [0.3, 0.4) is 0 Å². The second-order valence-electron chi connectivity index (χ2n) is 7.99. The van der Waals surface area contributed by atoms with Crippen LogP contribution in [0.25, 0.3) is 0 Å². The highest BCUT2D eigenvalue weighted by atomic mass is 16.6. The number of carbonyl (C=O) groups is 3. The standard InChI is InChI=1S/C26H25N3O7/c1-17(2)28(21-7-5-4-6-8-21)22-11-9-20(10-12-22)27-24(30)16-36-26(32)19-13-18(25(31)35-3)14-23(15-19)29(33)34/h4-15,17H,16H2,1-3H3,(H,27,30). The van der Waals surface area contributed by atoms with Crippen molar-refractivity contribution in [1.29, 1.82) is 0 Å². The first-order valence-electron chi connectivity index (χ1n) is 11.0. The van der Waals surface area contributed by atoms with E-state index in [1.807, 2.05) is 42.5 Å². The van der Waals surface area contributed by atoms with E-state index in [4.69, 9.17) is 4.74 Å². The number of esters is 2. The van der Waals surface area contributed by atoms with Crippen LogP contribution in [0, 0.1) is 10.1 Å². The number of carbonyl (C=O) groups excluding carboxylic acids is 3. The predicted octanol–water partition coefficient (Wildman–Crippen LogP) is 4.72. The van der Waals surface area contributed by atoms with Gasteiger partial charge in [0.05, 0.1) is 23.2 Å². The number of rotatable bonds is 9. The largest absolute Gasteiger partial charge is 0.465 e. The van der Waals surface area contributed by atoms with Gasteiger partial charge in [0.25, 0.3) is 11.6 Å². The minimum absolute atomic E-state index is 0.186. The molecule has 3 aromatic carbocycles. The average molecular weight is 492 g/mol. The summed E-state index contributed by atoms with van der Waals surface area (Å²) in [6, 6.07) is 20.3. The number of hydrogen-bond acceptors (Lipinski definition) is 8. The lowest BCUT2D eigenvalue weighted by molar-refractivity contribution is -0.384. The third-order valence-electron chi connectivity index (χ3n) is 5.10. The molecule has 0 heterocycles. The van der Waals surface area contributed by atoms with Gasteiger partial charge in [0.2, 0.25) is 0 Å². The fraction of sp³-hybridized carbons (Fsp3) is 0.192. The predicted molar refractivity (Wildman–Crippen MR) is 134 cm³/mol. The van der Waals surface area contributed by atoms with Crippen LogP contribution in [-0.2, 0) is 14.3 Å². The number of nitro benzene ring substituents is 1. The Kier molecular flexibility index (Phi) is 8.35. The van der Waals surface area contributed by atoms with E-state index in [1.54, 1.807) is 12.1 Å².